The van der Waals surface area contributed by atoms with Crippen LogP contribution in [0.5, 0.6) is 0 Å². The van der Waals surface area contributed by atoms with Gasteiger partial charge >= 0.3 is 0 Å². The lowest BCUT2D eigenvalue weighted by Gasteiger charge is -2.46. The quantitative estimate of drug-likeness (QED) is 0.338. The first-order valence-corrected chi connectivity index (χ1v) is 16.8. The van der Waals surface area contributed by atoms with Crippen molar-refractivity contribution in [2.75, 3.05) is 13.1 Å². The average molecular weight is 621 g/mol. The van der Waals surface area contributed by atoms with Gasteiger partial charge in [-0.2, -0.15) is 0 Å². The number of fused-ring (bicyclic) bond motifs is 1. The van der Waals surface area contributed by atoms with Crippen LogP contribution in [0.15, 0.2) is 48.5 Å². The molecule has 0 aromatic heterocycles. The molecule has 1 heterocycles. The van der Waals surface area contributed by atoms with E-state index in [0.717, 1.165) is 49.4 Å². The van der Waals surface area contributed by atoms with E-state index < -0.39 is 12.1 Å². The Kier molecular flexibility index (Phi) is 11.8. The number of likely N-dealkylation sites (tertiary alicyclic amines) is 1. The summed E-state index contributed by atoms with van der Waals surface area (Å²) in [6.45, 7) is 9.64. The van der Waals surface area contributed by atoms with Crippen molar-refractivity contribution in [1.29, 1.82) is 0 Å². The number of amides is 3. The van der Waals surface area contributed by atoms with E-state index in [9.17, 15) is 18.8 Å². The second kappa shape index (κ2) is 15.4. The number of aryl methyl sites for hydroxylation is 1. The van der Waals surface area contributed by atoms with E-state index in [-0.39, 0.29) is 34.5 Å². The van der Waals surface area contributed by atoms with Gasteiger partial charge in [0.05, 0.1) is 5.92 Å². The summed E-state index contributed by atoms with van der Waals surface area (Å²) in [7, 11) is 0. The zero-order valence-electron chi connectivity index (χ0n) is 27.6. The lowest BCUT2D eigenvalue weighted by Crippen LogP contribution is -2.55. The first-order chi connectivity index (χ1) is 21.4. The summed E-state index contributed by atoms with van der Waals surface area (Å²) in [4.78, 5) is 39.1. The van der Waals surface area contributed by atoms with Crippen LogP contribution in [0.1, 0.15) is 102 Å². The number of nitrogens with one attached hydrogen (secondary N) is 2. The summed E-state index contributed by atoms with van der Waals surface area (Å²) < 4.78 is 13.6. The van der Waals surface area contributed by atoms with E-state index in [4.69, 9.17) is 5.73 Å². The summed E-state index contributed by atoms with van der Waals surface area (Å²) in [6, 6.07) is 13.1. The van der Waals surface area contributed by atoms with Crippen molar-refractivity contribution in [2.24, 2.45) is 23.0 Å². The Labute approximate surface area is 268 Å². The highest BCUT2D eigenvalue weighted by Crippen LogP contribution is 2.45. The summed E-state index contributed by atoms with van der Waals surface area (Å²) in [5, 5.41) is 5.69. The third kappa shape index (κ3) is 9.38. The molecule has 5 rings (SSSR count). The summed E-state index contributed by atoms with van der Waals surface area (Å²) >= 11 is 0. The molecule has 3 amide bonds. The first-order valence-electron chi connectivity index (χ1n) is 16.8. The van der Waals surface area contributed by atoms with E-state index >= 15 is 0 Å². The van der Waals surface area contributed by atoms with Crippen molar-refractivity contribution >= 4 is 18.2 Å². The molecule has 4 N–H and O–H groups in total. The van der Waals surface area contributed by atoms with Crippen molar-refractivity contribution in [1.82, 2.24) is 15.5 Å². The number of carbonyl (C=O) groups excluding carboxylic acids is 3. The fourth-order valence-corrected chi connectivity index (χ4v) is 7.27. The molecule has 0 bridgehead atoms. The molecule has 2 aromatic carbocycles. The molecule has 0 radical (unpaired) electrons. The van der Waals surface area contributed by atoms with Crippen molar-refractivity contribution in [3.8, 4) is 0 Å². The van der Waals surface area contributed by atoms with Crippen molar-refractivity contribution in [3.63, 3.8) is 0 Å². The molecule has 2 fully saturated rings. The van der Waals surface area contributed by atoms with Gasteiger partial charge in [0.15, 0.2) is 0 Å². The number of hydrogen-bond donors (Lipinski definition) is 3. The van der Waals surface area contributed by atoms with Gasteiger partial charge in [-0.15, -0.1) is 0 Å². The van der Waals surface area contributed by atoms with Crippen LogP contribution >= 0.6 is 0 Å². The number of halogens is 1. The maximum Gasteiger partial charge on any atom is 0.245 e. The monoisotopic (exact) mass is 620 g/mol. The van der Waals surface area contributed by atoms with E-state index in [2.05, 4.69) is 23.6 Å². The molecule has 0 unspecified atom stereocenters. The van der Waals surface area contributed by atoms with E-state index in [1.807, 2.05) is 43.9 Å². The van der Waals surface area contributed by atoms with Crippen LogP contribution in [-0.2, 0) is 27.2 Å². The summed E-state index contributed by atoms with van der Waals surface area (Å²) in [5.74, 6) is -0.163. The fourth-order valence-electron chi connectivity index (χ4n) is 7.27. The van der Waals surface area contributed by atoms with E-state index in [1.165, 1.54) is 49.8 Å². The molecular weight excluding hydrogens is 567 g/mol. The Morgan fingerprint density at radius 2 is 1.67 bits per heavy atom. The lowest BCUT2D eigenvalue weighted by atomic mass is 9.65. The number of benzene rings is 2. The number of nitrogens with two attached hydrogens (primary N) is 1. The molecule has 2 aromatic rings. The molecule has 1 saturated carbocycles. The molecule has 0 spiro atoms. The minimum Gasteiger partial charge on any atom is -0.354 e. The topological polar surface area (TPSA) is 105 Å². The molecule has 3 aliphatic rings. The Balaban J connectivity index is 0.000000591. The maximum atomic E-state index is 13.9. The van der Waals surface area contributed by atoms with Gasteiger partial charge in [0, 0.05) is 31.1 Å². The Hall–Kier alpha value is -3.26. The molecule has 8 heteroatoms. The van der Waals surface area contributed by atoms with Crippen LogP contribution in [0.3, 0.4) is 0 Å². The normalized spacial score (nSPS) is 22.2. The number of piperidine rings is 1. The summed E-state index contributed by atoms with van der Waals surface area (Å²) in [5.41, 5.74) is 9.81. The maximum absolute atomic E-state index is 13.9. The van der Waals surface area contributed by atoms with Crippen LogP contribution in [0.25, 0.3) is 0 Å². The average Bonchev–Trinajstić information content (AvgIpc) is 3.02. The third-order valence-corrected chi connectivity index (χ3v) is 10.2. The van der Waals surface area contributed by atoms with Gasteiger partial charge in [-0.05, 0) is 99.5 Å². The van der Waals surface area contributed by atoms with Gasteiger partial charge in [0.2, 0.25) is 18.2 Å². The minimum atomic E-state index is -0.698. The van der Waals surface area contributed by atoms with Gasteiger partial charge < -0.3 is 21.3 Å². The second-order valence-corrected chi connectivity index (χ2v) is 14.6. The Bertz CT molecular complexity index is 1280. The fraction of sp³-hybridized carbons (Fsp3) is 0.595. The van der Waals surface area contributed by atoms with Gasteiger partial charge in [-0.3, -0.25) is 14.4 Å². The predicted molar refractivity (Wildman–Crippen MR) is 177 cm³/mol. The van der Waals surface area contributed by atoms with Crippen molar-refractivity contribution < 1.29 is 18.8 Å². The van der Waals surface area contributed by atoms with Gasteiger partial charge in [-0.25, -0.2) is 4.39 Å². The van der Waals surface area contributed by atoms with Crippen LogP contribution in [0.2, 0.25) is 0 Å². The largest absolute Gasteiger partial charge is 0.354 e. The molecule has 2 aliphatic carbocycles. The van der Waals surface area contributed by atoms with Crippen molar-refractivity contribution in [3.05, 3.63) is 71.0 Å². The second-order valence-electron chi connectivity index (χ2n) is 14.6. The van der Waals surface area contributed by atoms with Crippen LogP contribution in [0.4, 0.5) is 4.39 Å². The smallest absolute Gasteiger partial charge is 0.245 e. The molecule has 7 nitrogen and oxygen atoms in total. The van der Waals surface area contributed by atoms with Gasteiger partial charge in [-0.1, -0.05) is 62.6 Å². The molecule has 246 valence electrons. The summed E-state index contributed by atoms with van der Waals surface area (Å²) in [6.07, 6.45) is 11.1. The SMILES string of the molecule is CC(C)(C)NC=O.CC1(C2CCCCC2)CCN(C(=O)[C@@H](Cc2ccc(F)cc2)NC(=O)[C@@H]2CCc3ccccc3[C@@H]2N)CC1. The third-order valence-electron chi connectivity index (χ3n) is 10.2. The first kappa shape index (κ1) is 34.6. The standard InChI is InChI=1S/C32H42FN3O2.C5H11NO/c1-32(24-8-3-2-4-9-24)17-19-36(20-18-32)31(38)28(21-22-11-14-25(33)15-12-22)35-30(37)27-16-13-23-7-5-6-10-26(23)29(27)34;1-5(2,3)6-4-7/h5-7,10-12,14-15,24,27-29H,2-4,8-9,13,16-21,34H2,1H3,(H,35,37);4H,1-3H3,(H,6,7)/t27-,28-,29+;/m1./s1. The van der Waals surface area contributed by atoms with Crippen LogP contribution in [-0.4, -0.2) is 47.8 Å². The molecule has 1 aliphatic heterocycles. The number of carbonyl (C=O) groups is 3. The number of rotatable bonds is 7. The Morgan fingerprint density at radius 1 is 1.02 bits per heavy atom. The molecule has 3 atom stereocenters. The van der Waals surface area contributed by atoms with Gasteiger partial charge in [0.25, 0.3) is 0 Å². The number of nitrogens with zero attached hydrogens (tertiary/aromatic N) is 1. The zero-order chi connectivity index (χ0) is 32.6. The minimum absolute atomic E-state index is 0.0434. The van der Waals surface area contributed by atoms with Crippen molar-refractivity contribution in [2.45, 2.75) is 110 Å². The highest BCUT2D eigenvalue weighted by atomic mass is 19.1. The van der Waals surface area contributed by atoms with Crippen LogP contribution in [0, 0.1) is 23.1 Å². The lowest BCUT2D eigenvalue weighted by molar-refractivity contribution is -0.140. The van der Waals surface area contributed by atoms with E-state index in [0.29, 0.717) is 19.3 Å². The predicted octanol–water partition coefficient (Wildman–Crippen LogP) is 5.86. The highest BCUT2D eigenvalue weighted by molar-refractivity contribution is 5.89. The Morgan fingerprint density at radius 3 is 2.27 bits per heavy atom. The molecule has 45 heavy (non-hydrogen) atoms. The highest BCUT2D eigenvalue weighted by Gasteiger charge is 2.40. The molecule has 1 saturated heterocycles. The zero-order valence-corrected chi connectivity index (χ0v) is 27.6. The molecular formula is C37H53FN4O3. The van der Waals surface area contributed by atoms with E-state index in [1.54, 1.807) is 12.1 Å². The number of hydrogen-bond acceptors (Lipinski definition) is 4. The van der Waals surface area contributed by atoms with Gasteiger partial charge in [0.1, 0.15) is 11.9 Å². The van der Waals surface area contributed by atoms with Crippen LogP contribution < -0.4 is 16.4 Å².